The minimum absolute atomic E-state index is 0.339. The molecule has 16 heavy (non-hydrogen) atoms. The van der Waals surface area contributed by atoms with Crippen molar-refractivity contribution >= 4 is 11.6 Å². The van der Waals surface area contributed by atoms with Gasteiger partial charge >= 0.3 is 0 Å². The van der Waals surface area contributed by atoms with E-state index >= 15 is 0 Å². The lowest BCUT2D eigenvalue weighted by Crippen LogP contribution is -2.35. The zero-order valence-corrected chi connectivity index (χ0v) is 10.5. The van der Waals surface area contributed by atoms with Crippen molar-refractivity contribution in [3.63, 3.8) is 0 Å². The van der Waals surface area contributed by atoms with Gasteiger partial charge in [0.1, 0.15) is 0 Å². The van der Waals surface area contributed by atoms with Gasteiger partial charge in [-0.05, 0) is 31.8 Å². The monoisotopic (exact) mass is 242 g/mol. The summed E-state index contributed by atoms with van der Waals surface area (Å²) in [6.45, 7) is 2.05. The van der Waals surface area contributed by atoms with E-state index in [0.29, 0.717) is 13.1 Å². The number of rotatable bonds is 6. The summed E-state index contributed by atoms with van der Waals surface area (Å²) in [6, 6.07) is 7.78. The molecule has 0 amide bonds. The molecule has 0 fully saturated rings. The van der Waals surface area contributed by atoms with E-state index in [-0.39, 0.29) is 6.10 Å². The summed E-state index contributed by atoms with van der Waals surface area (Å²) in [6.07, 6.45) is -0.339. The van der Waals surface area contributed by atoms with Crippen LogP contribution in [0.25, 0.3) is 0 Å². The van der Waals surface area contributed by atoms with Crippen molar-refractivity contribution in [3.8, 4) is 0 Å². The van der Waals surface area contributed by atoms with Gasteiger partial charge in [0.2, 0.25) is 0 Å². The van der Waals surface area contributed by atoms with Crippen LogP contribution < -0.4 is 5.32 Å². The summed E-state index contributed by atoms with van der Waals surface area (Å²) in [7, 11) is 3.82. The molecule has 0 aromatic heterocycles. The molecule has 3 nitrogen and oxygen atoms in total. The van der Waals surface area contributed by atoms with Crippen LogP contribution in [0.2, 0.25) is 5.02 Å². The van der Waals surface area contributed by atoms with Gasteiger partial charge in [0, 0.05) is 24.7 Å². The summed E-state index contributed by atoms with van der Waals surface area (Å²) in [5.41, 5.74) is 1.16. The van der Waals surface area contributed by atoms with Crippen molar-refractivity contribution in [1.82, 2.24) is 10.2 Å². The predicted molar refractivity (Wildman–Crippen MR) is 67.7 cm³/mol. The zero-order valence-electron chi connectivity index (χ0n) is 9.78. The normalized spacial score (nSPS) is 13.1. The summed E-state index contributed by atoms with van der Waals surface area (Å²) >= 11 is 5.91. The predicted octanol–water partition coefficient (Wildman–Crippen LogP) is 1.35. The average Bonchev–Trinajstić information content (AvgIpc) is 2.17. The van der Waals surface area contributed by atoms with Gasteiger partial charge in [-0.1, -0.05) is 23.7 Å². The first kappa shape index (κ1) is 13.5. The molecule has 1 unspecified atom stereocenters. The van der Waals surface area contributed by atoms with E-state index < -0.39 is 0 Å². The number of nitrogens with one attached hydrogen (secondary N) is 1. The van der Waals surface area contributed by atoms with Gasteiger partial charge in [-0.25, -0.2) is 0 Å². The van der Waals surface area contributed by atoms with Crippen molar-refractivity contribution in [2.75, 3.05) is 27.2 Å². The number of hydrogen-bond acceptors (Lipinski definition) is 3. The maximum absolute atomic E-state index is 9.62. The Morgan fingerprint density at radius 2 is 2.25 bits per heavy atom. The number of aliphatic hydroxyl groups is 1. The Labute approximate surface area is 102 Å². The lowest BCUT2D eigenvalue weighted by molar-refractivity contribution is 0.123. The highest BCUT2D eigenvalue weighted by molar-refractivity contribution is 6.30. The molecular weight excluding hydrogens is 224 g/mol. The third-order valence-electron chi connectivity index (χ3n) is 2.30. The molecule has 0 bridgehead atoms. The number of nitrogens with zero attached hydrogens (tertiary/aromatic N) is 1. The molecule has 0 aliphatic carbocycles. The largest absolute Gasteiger partial charge is 0.390 e. The maximum Gasteiger partial charge on any atom is 0.0791 e. The molecular formula is C12H19ClN2O. The molecule has 2 N–H and O–H groups in total. The van der Waals surface area contributed by atoms with Crippen LogP contribution in [-0.2, 0) is 6.54 Å². The molecule has 0 aliphatic heterocycles. The first-order chi connectivity index (χ1) is 7.61. The Kier molecular flexibility index (Phi) is 5.77. The van der Waals surface area contributed by atoms with Gasteiger partial charge in [0.15, 0.2) is 0 Å². The lowest BCUT2D eigenvalue weighted by Gasteiger charge is -2.20. The van der Waals surface area contributed by atoms with Crippen molar-refractivity contribution in [2.24, 2.45) is 0 Å². The van der Waals surface area contributed by atoms with Crippen LogP contribution in [0.3, 0.4) is 0 Å². The van der Waals surface area contributed by atoms with Gasteiger partial charge in [0.05, 0.1) is 6.10 Å². The minimum Gasteiger partial charge on any atom is -0.390 e. The minimum atomic E-state index is -0.339. The number of benzene rings is 1. The van der Waals surface area contributed by atoms with E-state index in [4.69, 9.17) is 11.6 Å². The van der Waals surface area contributed by atoms with Gasteiger partial charge in [-0.2, -0.15) is 0 Å². The molecule has 0 aliphatic rings. The van der Waals surface area contributed by atoms with Crippen LogP contribution in [-0.4, -0.2) is 43.3 Å². The molecule has 1 atom stereocenters. The summed E-state index contributed by atoms with van der Waals surface area (Å²) in [5, 5.41) is 13.3. The van der Waals surface area contributed by atoms with Crippen molar-refractivity contribution in [2.45, 2.75) is 12.6 Å². The molecule has 1 rings (SSSR count). The third-order valence-corrected chi connectivity index (χ3v) is 2.54. The standard InChI is InChI=1S/C12H19ClN2O/c1-14-7-12(16)9-15(2)8-10-4-3-5-11(13)6-10/h3-6,12,14,16H,7-9H2,1-2H3. The van der Waals surface area contributed by atoms with Crippen LogP contribution in [0.15, 0.2) is 24.3 Å². The third kappa shape index (κ3) is 4.94. The van der Waals surface area contributed by atoms with Gasteiger partial charge in [-0.3, -0.25) is 4.90 Å². The second-order valence-corrected chi connectivity index (χ2v) is 4.47. The van der Waals surface area contributed by atoms with E-state index in [9.17, 15) is 5.11 Å². The van der Waals surface area contributed by atoms with Crippen LogP contribution in [0.5, 0.6) is 0 Å². The van der Waals surface area contributed by atoms with Crippen LogP contribution >= 0.6 is 11.6 Å². The van der Waals surface area contributed by atoms with E-state index in [1.165, 1.54) is 0 Å². The fourth-order valence-electron chi connectivity index (χ4n) is 1.67. The summed E-state index contributed by atoms with van der Waals surface area (Å²) < 4.78 is 0. The second kappa shape index (κ2) is 6.86. The van der Waals surface area contributed by atoms with E-state index in [1.54, 1.807) is 0 Å². The smallest absolute Gasteiger partial charge is 0.0791 e. The molecule has 4 heteroatoms. The van der Waals surface area contributed by atoms with Crippen molar-refractivity contribution < 1.29 is 5.11 Å². The fourth-order valence-corrected chi connectivity index (χ4v) is 1.88. The molecule has 1 aromatic rings. The van der Waals surface area contributed by atoms with Crippen LogP contribution in [0, 0.1) is 0 Å². The van der Waals surface area contributed by atoms with Gasteiger partial charge in [0.25, 0.3) is 0 Å². The molecule has 0 radical (unpaired) electrons. The number of halogens is 1. The van der Waals surface area contributed by atoms with Crippen LogP contribution in [0.1, 0.15) is 5.56 Å². The maximum atomic E-state index is 9.62. The summed E-state index contributed by atoms with van der Waals surface area (Å²) in [4.78, 5) is 2.08. The van der Waals surface area contributed by atoms with Crippen molar-refractivity contribution in [3.05, 3.63) is 34.9 Å². The highest BCUT2D eigenvalue weighted by atomic mass is 35.5. The quantitative estimate of drug-likeness (QED) is 0.791. The zero-order chi connectivity index (χ0) is 12.0. The first-order valence-corrected chi connectivity index (χ1v) is 5.75. The highest BCUT2D eigenvalue weighted by Crippen LogP contribution is 2.12. The number of likely N-dealkylation sites (N-methyl/N-ethyl adjacent to an activating group) is 2. The van der Waals surface area contributed by atoms with Gasteiger partial charge in [-0.15, -0.1) is 0 Å². The molecule has 0 saturated heterocycles. The Bertz CT molecular complexity index is 320. The second-order valence-electron chi connectivity index (χ2n) is 4.04. The highest BCUT2D eigenvalue weighted by Gasteiger charge is 2.07. The SMILES string of the molecule is CNCC(O)CN(C)Cc1cccc(Cl)c1. The molecule has 0 spiro atoms. The Morgan fingerprint density at radius 1 is 1.50 bits per heavy atom. The molecule has 1 aromatic carbocycles. The lowest BCUT2D eigenvalue weighted by atomic mass is 10.2. The molecule has 0 saturated carbocycles. The van der Waals surface area contributed by atoms with Gasteiger partial charge < -0.3 is 10.4 Å². The van der Waals surface area contributed by atoms with Crippen LogP contribution in [0.4, 0.5) is 0 Å². The first-order valence-electron chi connectivity index (χ1n) is 5.37. The Morgan fingerprint density at radius 3 is 2.88 bits per heavy atom. The topological polar surface area (TPSA) is 35.5 Å². The van der Waals surface area contributed by atoms with E-state index in [1.807, 2.05) is 38.4 Å². The summed E-state index contributed by atoms with van der Waals surface area (Å²) in [5.74, 6) is 0. The molecule has 0 heterocycles. The van der Waals surface area contributed by atoms with Crippen molar-refractivity contribution in [1.29, 1.82) is 0 Å². The number of hydrogen-bond donors (Lipinski definition) is 2. The Balaban J connectivity index is 2.42. The Hall–Kier alpha value is -0.610. The van der Waals surface area contributed by atoms with E-state index in [2.05, 4.69) is 10.2 Å². The molecule has 90 valence electrons. The fraction of sp³-hybridized carbons (Fsp3) is 0.500. The average molecular weight is 243 g/mol. The van der Waals surface area contributed by atoms with E-state index in [0.717, 1.165) is 17.1 Å². The number of aliphatic hydroxyl groups excluding tert-OH is 1.